The SMILES string of the molecule is O=C(O)/C=C1/CC[C@@H]2[C@H](CC[C@@H]3C[C@@H](O)CC[C@@H]32)C1. The molecule has 0 saturated heterocycles. The highest BCUT2D eigenvalue weighted by atomic mass is 16.4. The van der Waals surface area contributed by atoms with Crippen molar-refractivity contribution in [1.29, 1.82) is 0 Å². The summed E-state index contributed by atoms with van der Waals surface area (Å²) in [6.45, 7) is 0. The first-order chi connectivity index (χ1) is 9.13. The Morgan fingerprint density at radius 1 is 1.05 bits per heavy atom. The highest BCUT2D eigenvalue weighted by Gasteiger charge is 2.43. The number of hydrogen-bond donors (Lipinski definition) is 2. The van der Waals surface area contributed by atoms with Gasteiger partial charge in [0.15, 0.2) is 0 Å². The van der Waals surface area contributed by atoms with Crippen LogP contribution in [0.25, 0.3) is 0 Å². The number of fused-ring (bicyclic) bond motifs is 3. The van der Waals surface area contributed by atoms with Gasteiger partial charge in [0.05, 0.1) is 6.10 Å². The van der Waals surface area contributed by atoms with E-state index in [1.54, 1.807) is 0 Å². The molecule has 5 atom stereocenters. The first-order valence-electron chi connectivity index (χ1n) is 7.74. The zero-order valence-electron chi connectivity index (χ0n) is 11.4. The van der Waals surface area contributed by atoms with Gasteiger partial charge in [0, 0.05) is 6.08 Å². The predicted molar refractivity (Wildman–Crippen MR) is 72.6 cm³/mol. The third kappa shape index (κ3) is 2.71. The number of allylic oxidation sites excluding steroid dienone is 1. The molecule has 0 unspecified atom stereocenters. The summed E-state index contributed by atoms with van der Waals surface area (Å²) in [5, 5.41) is 18.7. The minimum absolute atomic E-state index is 0.0659. The van der Waals surface area contributed by atoms with E-state index in [0.717, 1.165) is 49.0 Å². The highest BCUT2D eigenvalue weighted by molar-refractivity contribution is 5.80. The molecule has 19 heavy (non-hydrogen) atoms. The van der Waals surface area contributed by atoms with Crippen molar-refractivity contribution in [3.05, 3.63) is 11.6 Å². The van der Waals surface area contributed by atoms with E-state index in [1.165, 1.54) is 31.8 Å². The number of rotatable bonds is 1. The highest BCUT2D eigenvalue weighted by Crippen LogP contribution is 2.52. The molecule has 3 fully saturated rings. The smallest absolute Gasteiger partial charge is 0.328 e. The van der Waals surface area contributed by atoms with Crippen LogP contribution in [-0.4, -0.2) is 22.3 Å². The Morgan fingerprint density at radius 2 is 1.79 bits per heavy atom. The molecule has 0 heterocycles. The number of aliphatic carboxylic acids is 1. The molecule has 3 rings (SSSR count). The number of aliphatic hydroxyl groups excluding tert-OH is 1. The molecule has 0 amide bonds. The van der Waals surface area contributed by atoms with Crippen molar-refractivity contribution in [1.82, 2.24) is 0 Å². The van der Waals surface area contributed by atoms with Crippen molar-refractivity contribution >= 4 is 5.97 Å². The zero-order valence-corrected chi connectivity index (χ0v) is 11.4. The molecule has 3 heteroatoms. The second-order valence-corrected chi connectivity index (χ2v) is 6.78. The molecule has 0 radical (unpaired) electrons. The van der Waals surface area contributed by atoms with E-state index in [9.17, 15) is 9.90 Å². The van der Waals surface area contributed by atoms with Gasteiger partial charge in [0.2, 0.25) is 0 Å². The summed E-state index contributed by atoms with van der Waals surface area (Å²) in [5.41, 5.74) is 1.14. The van der Waals surface area contributed by atoms with E-state index < -0.39 is 5.97 Å². The summed E-state index contributed by atoms with van der Waals surface area (Å²) < 4.78 is 0. The summed E-state index contributed by atoms with van der Waals surface area (Å²) in [6.07, 6.45) is 10.2. The fraction of sp³-hybridized carbons (Fsp3) is 0.812. The van der Waals surface area contributed by atoms with Crippen LogP contribution in [0.2, 0.25) is 0 Å². The fourth-order valence-electron chi connectivity index (χ4n) is 4.95. The summed E-state index contributed by atoms with van der Waals surface area (Å²) >= 11 is 0. The Bertz CT molecular complexity index is 387. The molecule has 0 spiro atoms. The van der Waals surface area contributed by atoms with Crippen LogP contribution in [0, 0.1) is 23.7 Å². The van der Waals surface area contributed by atoms with Crippen molar-refractivity contribution in [3.8, 4) is 0 Å². The molecule has 3 nitrogen and oxygen atoms in total. The number of aliphatic hydroxyl groups is 1. The van der Waals surface area contributed by atoms with E-state index in [4.69, 9.17) is 5.11 Å². The summed E-state index contributed by atoms with van der Waals surface area (Å²) in [7, 11) is 0. The van der Waals surface area contributed by atoms with Crippen LogP contribution in [0.5, 0.6) is 0 Å². The monoisotopic (exact) mass is 264 g/mol. The van der Waals surface area contributed by atoms with Gasteiger partial charge in [-0.15, -0.1) is 0 Å². The lowest BCUT2D eigenvalue weighted by Gasteiger charge is -2.49. The molecule has 0 aliphatic heterocycles. The maximum absolute atomic E-state index is 10.8. The number of hydrogen-bond acceptors (Lipinski definition) is 2. The summed E-state index contributed by atoms with van der Waals surface area (Å²) in [5.74, 6) is 2.24. The normalized spacial score (nSPS) is 44.5. The van der Waals surface area contributed by atoms with Gasteiger partial charge in [-0.2, -0.15) is 0 Å². The minimum Gasteiger partial charge on any atom is -0.478 e. The first-order valence-corrected chi connectivity index (χ1v) is 7.74. The van der Waals surface area contributed by atoms with Crippen molar-refractivity contribution in [3.63, 3.8) is 0 Å². The molecule has 0 bridgehead atoms. The third-order valence-corrected chi connectivity index (χ3v) is 5.73. The van der Waals surface area contributed by atoms with E-state index in [1.807, 2.05) is 0 Å². The number of carboxylic acids is 1. The van der Waals surface area contributed by atoms with Gasteiger partial charge in [0.25, 0.3) is 0 Å². The molecule has 3 aliphatic carbocycles. The van der Waals surface area contributed by atoms with Gasteiger partial charge in [0.1, 0.15) is 0 Å². The van der Waals surface area contributed by atoms with Crippen LogP contribution < -0.4 is 0 Å². The maximum Gasteiger partial charge on any atom is 0.328 e. The molecule has 0 aromatic carbocycles. The quantitative estimate of drug-likeness (QED) is 0.716. The van der Waals surface area contributed by atoms with E-state index in [0.29, 0.717) is 5.92 Å². The molecular weight excluding hydrogens is 240 g/mol. The van der Waals surface area contributed by atoms with Gasteiger partial charge in [-0.1, -0.05) is 5.57 Å². The largest absolute Gasteiger partial charge is 0.478 e. The summed E-state index contributed by atoms with van der Waals surface area (Å²) in [6, 6.07) is 0. The lowest BCUT2D eigenvalue weighted by atomic mass is 9.57. The van der Waals surface area contributed by atoms with Crippen molar-refractivity contribution in [2.24, 2.45) is 23.7 Å². The Hall–Kier alpha value is -0.830. The average molecular weight is 264 g/mol. The lowest BCUT2D eigenvalue weighted by molar-refractivity contribution is -0.131. The number of carbonyl (C=O) groups is 1. The van der Waals surface area contributed by atoms with Crippen LogP contribution in [0.4, 0.5) is 0 Å². The minimum atomic E-state index is -0.789. The molecule has 106 valence electrons. The van der Waals surface area contributed by atoms with E-state index in [2.05, 4.69) is 0 Å². The van der Waals surface area contributed by atoms with Crippen LogP contribution in [0.3, 0.4) is 0 Å². The maximum atomic E-state index is 10.8. The van der Waals surface area contributed by atoms with Crippen molar-refractivity contribution in [2.45, 2.75) is 57.5 Å². The standard InChI is InChI=1S/C16H24O3/c17-13-4-6-15-12(9-13)3-2-11-7-10(8-16(18)19)1-5-14(11)15/h8,11-15,17H,1-7,9H2,(H,18,19)/b10-8-/t11-,12-,13+,14-,15+/m1/s1. The van der Waals surface area contributed by atoms with Gasteiger partial charge in [-0.05, 0) is 75.0 Å². The third-order valence-electron chi connectivity index (χ3n) is 5.73. The Morgan fingerprint density at radius 3 is 2.58 bits per heavy atom. The van der Waals surface area contributed by atoms with Crippen LogP contribution in [0.1, 0.15) is 51.4 Å². The van der Waals surface area contributed by atoms with Crippen LogP contribution >= 0.6 is 0 Å². The lowest BCUT2D eigenvalue weighted by Crippen LogP contribution is -2.41. The van der Waals surface area contributed by atoms with Crippen LogP contribution in [-0.2, 0) is 4.79 Å². The molecule has 3 saturated carbocycles. The molecule has 0 aromatic heterocycles. The average Bonchev–Trinajstić information content (AvgIpc) is 2.37. The van der Waals surface area contributed by atoms with Gasteiger partial charge >= 0.3 is 5.97 Å². The molecule has 3 aliphatic rings. The van der Waals surface area contributed by atoms with Crippen LogP contribution in [0.15, 0.2) is 11.6 Å². The van der Waals surface area contributed by atoms with Crippen molar-refractivity contribution in [2.75, 3.05) is 0 Å². The predicted octanol–water partition coefficient (Wildman–Crippen LogP) is 2.98. The molecule has 0 aromatic rings. The fourth-order valence-corrected chi connectivity index (χ4v) is 4.95. The Kier molecular flexibility index (Phi) is 3.66. The Balaban J connectivity index is 1.69. The van der Waals surface area contributed by atoms with E-state index in [-0.39, 0.29) is 6.10 Å². The van der Waals surface area contributed by atoms with Gasteiger partial charge in [-0.3, -0.25) is 0 Å². The first kappa shape index (κ1) is 13.2. The summed E-state index contributed by atoms with van der Waals surface area (Å²) in [4.78, 5) is 10.8. The van der Waals surface area contributed by atoms with E-state index >= 15 is 0 Å². The number of carboxylic acid groups (broad SMARTS) is 1. The topological polar surface area (TPSA) is 57.5 Å². The molecular formula is C16H24O3. The Labute approximate surface area is 114 Å². The second-order valence-electron chi connectivity index (χ2n) is 6.78. The molecule has 2 N–H and O–H groups in total. The second kappa shape index (κ2) is 5.28. The zero-order chi connectivity index (χ0) is 13.4. The van der Waals surface area contributed by atoms with Crippen molar-refractivity contribution < 1.29 is 15.0 Å². The van der Waals surface area contributed by atoms with Gasteiger partial charge < -0.3 is 10.2 Å². The van der Waals surface area contributed by atoms with Gasteiger partial charge in [-0.25, -0.2) is 4.79 Å².